The highest BCUT2D eigenvalue weighted by atomic mass is 32.1. The van der Waals surface area contributed by atoms with E-state index in [9.17, 15) is 9.59 Å². The Labute approximate surface area is 122 Å². The van der Waals surface area contributed by atoms with Gasteiger partial charge in [0.25, 0.3) is 5.91 Å². The van der Waals surface area contributed by atoms with E-state index in [0.29, 0.717) is 16.6 Å². The fraction of sp³-hybridized carbons (Fsp3) is 0.615. The van der Waals surface area contributed by atoms with Gasteiger partial charge in [0.05, 0.1) is 5.69 Å². The Morgan fingerprint density at radius 2 is 2.20 bits per heavy atom. The number of carbonyl (C=O) groups is 2. The monoisotopic (exact) mass is 296 g/mol. The van der Waals surface area contributed by atoms with Gasteiger partial charge in [-0.25, -0.2) is 9.78 Å². The summed E-state index contributed by atoms with van der Waals surface area (Å²) in [6.07, 6.45) is 3.42. The first kappa shape index (κ1) is 14.8. The summed E-state index contributed by atoms with van der Waals surface area (Å²) in [4.78, 5) is 28.6. The third kappa shape index (κ3) is 3.47. The molecule has 0 bridgehead atoms. The lowest BCUT2D eigenvalue weighted by Gasteiger charge is -2.14. The Hall–Kier alpha value is -1.63. The van der Waals surface area contributed by atoms with Gasteiger partial charge in [0.15, 0.2) is 5.13 Å². The minimum Gasteiger partial charge on any atom is -0.351 e. The van der Waals surface area contributed by atoms with Crippen molar-refractivity contribution in [1.29, 1.82) is 0 Å². The Balaban J connectivity index is 2.02. The van der Waals surface area contributed by atoms with Crippen LogP contribution in [0.25, 0.3) is 0 Å². The first-order valence-corrected chi connectivity index (χ1v) is 7.81. The maximum Gasteiger partial charge on any atom is 0.321 e. The van der Waals surface area contributed by atoms with E-state index < -0.39 is 0 Å². The first-order valence-electron chi connectivity index (χ1n) is 6.99. The molecule has 7 heteroatoms. The highest BCUT2D eigenvalue weighted by molar-refractivity contribution is 7.17. The molecule has 0 aromatic carbocycles. The zero-order valence-corrected chi connectivity index (χ0v) is 12.6. The van der Waals surface area contributed by atoms with Crippen molar-refractivity contribution in [3.8, 4) is 0 Å². The third-order valence-corrected chi connectivity index (χ3v) is 4.33. The van der Waals surface area contributed by atoms with Gasteiger partial charge >= 0.3 is 6.03 Å². The molecule has 3 amide bonds. The first-order chi connectivity index (χ1) is 9.63. The van der Waals surface area contributed by atoms with Gasteiger partial charge < -0.3 is 10.6 Å². The fourth-order valence-electron chi connectivity index (χ4n) is 2.10. The van der Waals surface area contributed by atoms with E-state index in [2.05, 4.69) is 20.9 Å². The van der Waals surface area contributed by atoms with Crippen LogP contribution in [0.4, 0.5) is 9.93 Å². The normalized spacial score (nSPS) is 14.4. The lowest BCUT2D eigenvalue weighted by molar-refractivity contribution is 0.0960. The summed E-state index contributed by atoms with van der Waals surface area (Å²) in [6, 6.07) is -0.0981. The quantitative estimate of drug-likeness (QED) is 0.796. The van der Waals surface area contributed by atoms with E-state index in [4.69, 9.17) is 0 Å². The van der Waals surface area contributed by atoms with Gasteiger partial charge in [-0.2, -0.15) is 0 Å². The highest BCUT2D eigenvalue weighted by Crippen LogP contribution is 2.25. The minimum absolute atomic E-state index is 0.0940. The molecule has 1 aromatic rings. The maximum atomic E-state index is 11.8. The number of nitrogens with zero attached hydrogens (tertiary/aromatic N) is 1. The van der Waals surface area contributed by atoms with Crippen LogP contribution in [0.1, 0.15) is 48.5 Å². The van der Waals surface area contributed by atoms with Crippen LogP contribution in [0.5, 0.6) is 0 Å². The third-order valence-electron chi connectivity index (χ3n) is 3.32. The zero-order valence-electron chi connectivity index (χ0n) is 11.8. The van der Waals surface area contributed by atoms with Crippen molar-refractivity contribution in [2.75, 3.05) is 11.9 Å². The van der Waals surface area contributed by atoms with Gasteiger partial charge in [-0.1, -0.05) is 25.2 Å². The molecule has 2 heterocycles. The van der Waals surface area contributed by atoms with E-state index in [1.165, 1.54) is 11.3 Å². The topological polar surface area (TPSA) is 83.1 Å². The number of urea groups is 1. The summed E-state index contributed by atoms with van der Waals surface area (Å²) < 4.78 is 0. The van der Waals surface area contributed by atoms with Crippen LogP contribution >= 0.6 is 11.3 Å². The average Bonchev–Trinajstić information content (AvgIpc) is 2.75. The Bertz CT molecular complexity index is 497. The number of aromatic nitrogens is 1. The number of rotatable bonds is 4. The number of hydrogen-bond acceptors (Lipinski definition) is 4. The van der Waals surface area contributed by atoms with Gasteiger partial charge in [-0.15, -0.1) is 0 Å². The Morgan fingerprint density at radius 3 is 2.90 bits per heavy atom. The lowest BCUT2D eigenvalue weighted by atomic mass is 10.2. The van der Waals surface area contributed by atoms with Crippen molar-refractivity contribution in [2.45, 2.75) is 45.6 Å². The second-order valence-electron chi connectivity index (χ2n) is 4.77. The van der Waals surface area contributed by atoms with E-state index >= 15 is 0 Å². The molecule has 1 aliphatic heterocycles. The van der Waals surface area contributed by atoms with Gasteiger partial charge in [-0.3, -0.25) is 10.1 Å². The van der Waals surface area contributed by atoms with Gasteiger partial charge in [0, 0.05) is 12.6 Å². The number of amides is 3. The molecular formula is C13H20N4O2S. The smallest absolute Gasteiger partial charge is 0.321 e. The van der Waals surface area contributed by atoms with Crippen LogP contribution in [-0.2, 0) is 6.42 Å². The molecule has 6 nitrogen and oxygen atoms in total. The number of anilines is 1. The molecule has 0 unspecified atom stereocenters. The van der Waals surface area contributed by atoms with Crippen LogP contribution < -0.4 is 16.0 Å². The summed E-state index contributed by atoms with van der Waals surface area (Å²) in [5, 5.41) is 8.90. The van der Waals surface area contributed by atoms with Crippen molar-refractivity contribution in [3.63, 3.8) is 0 Å². The number of aryl methyl sites for hydroxylation is 1. The Kier molecular flexibility index (Phi) is 4.94. The number of fused-ring (bicyclic) bond motifs is 1. The van der Waals surface area contributed by atoms with Crippen molar-refractivity contribution in [1.82, 2.24) is 15.6 Å². The molecule has 0 saturated carbocycles. The summed E-state index contributed by atoms with van der Waals surface area (Å²) in [5.41, 5.74) is 0.780. The maximum absolute atomic E-state index is 11.8. The van der Waals surface area contributed by atoms with Crippen LogP contribution in [0.3, 0.4) is 0 Å². The van der Waals surface area contributed by atoms with Gasteiger partial charge in [-0.05, 0) is 25.7 Å². The second kappa shape index (κ2) is 6.69. The van der Waals surface area contributed by atoms with Crippen LogP contribution in [0, 0.1) is 0 Å². The summed E-state index contributed by atoms with van der Waals surface area (Å²) in [7, 11) is 0. The molecular weight excluding hydrogens is 276 g/mol. The summed E-state index contributed by atoms with van der Waals surface area (Å²) in [6.45, 7) is 4.74. The lowest BCUT2D eigenvalue weighted by Crippen LogP contribution is -2.37. The van der Waals surface area contributed by atoms with E-state index in [1.807, 2.05) is 13.8 Å². The molecule has 3 N–H and O–H groups in total. The molecule has 0 fully saturated rings. The number of thiazole rings is 1. The molecule has 1 aromatic heterocycles. The minimum atomic E-state index is -0.261. The summed E-state index contributed by atoms with van der Waals surface area (Å²) in [5.74, 6) is -0.0940. The van der Waals surface area contributed by atoms with Gasteiger partial charge in [0.1, 0.15) is 4.88 Å². The standard InChI is InChI=1S/C13H20N4O2S/c1-3-8(4-2)15-12(19)17-13-16-9-6-5-7-14-11(18)10(9)20-13/h8H,3-7H2,1-2H3,(H,14,18)(H2,15,16,17,19). The number of nitrogens with one attached hydrogen (secondary N) is 3. The number of hydrogen-bond donors (Lipinski definition) is 3. The second-order valence-corrected chi connectivity index (χ2v) is 5.77. The molecule has 20 heavy (non-hydrogen) atoms. The van der Waals surface area contributed by atoms with E-state index in [0.717, 1.165) is 31.4 Å². The van der Waals surface area contributed by atoms with Crippen LogP contribution in [0.15, 0.2) is 0 Å². The number of carbonyl (C=O) groups excluding carboxylic acids is 2. The summed E-state index contributed by atoms with van der Waals surface area (Å²) >= 11 is 1.23. The SMILES string of the molecule is CCC(CC)NC(=O)Nc1nc2c(s1)C(=O)NCCC2. The Morgan fingerprint density at radius 1 is 1.45 bits per heavy atom. The zero-order chi connectivity index (χ0) is 14.5. The van der Waals surface area contributed by atoms with Crippen molar-refractivity contribution >= 4 is 28.4 Å². The van der Waals surface area contributed by atoms with E-state index in [-0.39, 0.29) is 18.0 Å². The van der Waals surface area contributed by atoms with Gasteiger partial charge in [0.2, 0.25) is 0 Å². The van der Waals surface area contributed by atoms with E-state index in [1.54, 1.807) is 0 Å². The molecule has 0 atom stereocenters. The van der Waals surface area contributed by atoms with Crippen molar-refractivity contribution in [3.05, 3.63) is 10.6 Å². The molecule has 0 spiro atoms. The molecule has 0 saturated heterocycles. The predicted molar refractivity (Wildman–Crippen MR) is 79.3 cm³/mol. The molecule has 1 aliphatic rings. The molecule has 110 valence electrons. The fourth-order valence-corrected chi connectivity index (χ4v) is 3.02. The van der Waals surface area contributed by atoms with Crippen molar-refractivity contribution in [2.24, 2.45) is 0 Å². The predicted octanol–water partition coefficient (Wildman–Crippen LogP) is 2.13. The molecule has 0 aliphatic carbocycles. The highest BCUT2D eigenvalue weighted by Gasteiger charge is 2.21. The average molecular weight is 296 g/mol. The molecule has 2 rings (SSSR count). The largest absolute Gasteiger partial charge is 0.351 e. The molecule has 0 radical (unpaired) electrons. The van der Waals surface area contributed by atoms with Crippen LogP contribution in [0.2, 0.25) is 0 Å². The van der Waals surface area contributed by atoms with Crippen LogP contribution in [-0.4, -0.2) is 29.5 Å². The van der Waals surface area contributed by atoms with Crippen molar-refractivity contribution < 1.29 is 9.59 Å².